The molecule has 0 bridgehead atoms. The van der Waals surface area contributed by atoms with Crippen molar-refractivity contribution in [3.63, 3.8) is 0 Å². The van der Waals surface area contributed by atoms with E-state index in [9.17, 15) is 5.11 Å². The minimum Gasteiger partial charge on any atom is -0.392 e. The average molecular weight is 237 g/mol. The first kappa shape index (κ1) is 12.6. The van der Waals surface area contributed by atoms with Gasteiger partial charge >= 0.3 is 0 Å². The Hall–Kier alpha value is -0.870. The molecule has 1 aromatic rings. The number of aliphatic hydroxyl groups is 1. The highest BCUT2D eigenvalue weighted by Crippen LogP contribution is 2.28. The Morgan fingerprint density at radius 2 is 2.29 bits per heavy atom. The molecule has 0 saturated heterocycles. The van der Waals surface area contributed by atoms with E-state index in [2.05, 4.69) is 10.4 Å². The van der Waals surface area contributed by atoms with Crippen LogP contribution < -0.4 is 5.32 Å². The van der Waals surface area contributed by atoms with Gasteiger partial charge < -0.3 is 10.4 Å². The molecule has 1 unspecified atom stereocenters. The molecule has 4 nitrogen and oxygen atoms in total. The fourth-order valence-electron chi connectivity index (χ4n) is 2.66. The Labute approximate surface area is 103 Å². The number of aromatic nitrogens is 2. The maximum atomic E-state index is 9.92. The summed E-state index contributed by atoms with van der Waals surface area (Å²) < 4.78 is 1.86. The van der Waals surface area contributed by atoms with Crippen LogP contribution in [-0.2, 0) is 13.6 Å². The van der Waals surface area contributed by atoms with Gasteiger partial charge in [0.05, 0.1) is 11.8 Å². The molecule has 0 aliphatic heterocycles. The first-order valence-electron chi connectivity index (χ1n) is 6.61. The van der Waals surface area contributed by atoms with Crippen LogP contribution in [-0.4, -0.2) is 27.5 Å². The molecule has 17 heavy (non-hydrogen) atoms. The van der Waals surface area contributed by atoms with Crippen LogP contribution in [0.5, 0.6) is 0 Å². The first-order valence-corrected chi connectivity index (χ1v) is 6.61. The summed E-state index contributed by atoms with van der Waals surface area (Å²) in [4.78, 5) is 0. The lowest BCUT2D eigenvalue weighted by atomic mass is 10.0. The van der Waals surface area contributed by atoms with Crippen LogP contribution in [0.3, 0.4) is 0 Å². The van der Waals surface area contributed by atoms with Crippen LogP contribution in [0, 0.1) is 5.92 Å². The lowest BCUT2D eigenvalue weighted by Crippen LogP contribution is -2.28. The molecule has 4 heteroatoms. The molecule has 0 radical (unpaired) electrons. The highest BCUT2D eigenvalue weighted by atomic mass is 16.3. The van der Waals surface area contributed by atoms with E-state index in [4.69, 9.17) is 0 Å². The van der Waals surface area contributed by atoms with Crippen molar-refractivity contribution in [2.24, 2.45) is 13.0 Å². The molecular weight excluding hydrogens is 214 g/mol. The molecule has 0 amide bonds. The Morgan fingerprint density at radius 1 is 1.53 bits per heavy atom. The summed E-state index contributed by atoms with van der Waals surface area (Å²) in [6.45, 7) is 1.46. The van der Waals surface area contributed by atoms with Gasteiger partial charge in [-0.1, -0.05) is 25.7 Å². The van der Waals surface area contributed by atoms with Crippen molar-refractivity contribution < 1.29 is 5.11 Å². The van der Waals surface area contributed by atoms with Gasteiger partial charge in [-0.25, -0.2) is 0 Å². The van der Waals surface area contributed by atoms with Gasteiger partial charge in [-0.2, -0.15) is 5.10 Å². The fourth-order valence-corrected chi connectivity index (χ4v) is 2.66. The van der Waals surface area contributed by atoms with Gasteiger partial charge in [0.15, 0.2) is 0 Å². The third-order valence-corrected chi connectivity index (χ3v) is 3.69. The molecule has 1 saturated carbocycles. The number of nitrogens with zero attached hydrogens (tertiary/aromatic N) is 2. The molecule has 2 rings (SSSR count). The summed E-state index contributed by atoms with van der Waals surface area (Å²) >= 11 is 0. The van der Waals surface area contributed by atoms with E-state index in [0.29, 0.717) is 6.54 Å². The summed E-state index contributed by atoms with van der Waals surface area (Å²) in [6.07, 6.45) is 7.85. The van der Waals surface area contributed by atoms with Crippen molar-refractivity contribution >= 4 is 0 Å². The fraction of sp³-hybridized carbons (Fsp3) is 0.769. The van der Waals surface area contributed by atoms with E-state index in [1.807, 2.05) is 17.8 Å². The van der Waals surface area contributed by atoms with Gasteiger partial charge in [-0.05, 0) is 18.4 Å². The van der Waals surface area contributed by atoms with Crippen molar-refractivity contribution in [2.75, 3.05) is 6.54 Å². The molecule has 1 fully saturated rings. The quantitative estimate of drug-likeness (QED) is 0.787. The summed E-state index contributed by atoms with van der Waals surface area (Å²) in [7, 11) is 1.94. The average Bonchev–Trinajstić information content (AvgIpc) is 2.91. The zero-order valence-corrected chi connectivity index (χ0v) is 10.6. The van der Waals surface area contributed by atoms with Crippen molar-refractivity contribution in [1.29, 1.82) is 0 Å². The second-order valence-electron chi connectivity index (χ2n) is 5.12. The number of nitrogens with one attached hydrogen (secondary N) is 1. The van der Waals surface area contributed by atoms with Crippen molar-refractivity contribution in [1.82, 2.24) is 15.1 Å². The molecule has 2 N–H and O–H groups in total. The third-order valence-electron chi connectivity index (χ3n) is 3.69. The van der Waals surface area contributed by atoms with Gasteiger partial charge in [0.1, 0.15) is 0 Å². The van der Waals surface area contributed by atoms with Crippen LogP contribution in [0.2, 0.25) is 0 Å². The zero-order valence-electron chi connectivity index (χ0n) is 10.6. The molecular formula is C13H23N3O. The molecule has 0 spiro atoms. The van der Waals surface area contributed by atoms with Gasteiger partial charge in [-0.15, -0.1) is 0 Å². The Morgan fingerprint density at radius 3 is 2.94 bits per heavy atom. The lowest BCUT2D eigenvalue weighted by molar-refractivity contribution is 0.140. The van der Waals surface area contributed by atoms with E-state index >= 15 is 0 Å². The second kappa shape index (κ2) is 6.17. The Balaban J connectivity index is 1.62. The molecule has 1 aromatic heterocycles. The van der Waals surface area contributed by atoms with E-state index in [1.54, 1.807) is 6.20 Å². The van der Waals surface area contributed by atoms with Crippen LogP contribution in [0.1, 0.15) is 37.8 Å². The number of rotatable bonds is 6. The van der Waals surface area contributed by atoms with Crippen molar-refractivity contribution in [2.45, 2.75) is 44.8 Å². The summed E-state index contributed by atoms with van der Waals surface area (Å²) in [5.41, 5.74) is 1.15. The SMILES string of the molecule is Cn1nccc1CNCC(O)CC1CCCC1. The smallest absolute Gasteiger partial charge is 0.0667 e. The predicted octanol–water partition coefficient (Wildman–Crippen LogP) is 1.45. The number of aryl methyl sites for hydroxylation is 1. The van der Waals surface area contributed by atoms with Crippen molar-refractivity contribution in [3.05, 3.63) is 18.0 Å². The summed E-state index contributed by atoms with van der Waals surface area (Å²) in [5.74, 6) is 0.753. The molecule has 0 aromatic carbocycles. The van der Waals surface area contributed by atoms with E-state index in [-0.39, 0.29) is 6.10 Å². The lowest BCUT2D eigenvalue weighted by Gasteiger charge is -2.15. The van der Waals surface area contributed by atoms with Crippen LogP contribution in [0.4, 0.5) is 0 Å². The first-order chi connectivity index (χ1) is 8.25. The molecule has 1 aliphatic rings. The largest absolute Gasteiger partial charge is 0.392 e. The molecule has 1 heterocycles. The topological polar surface area (TPSA) is 50.1 Å². The van der Waals surface area contributed by atoms with Gasteiger partial charge in [0, 0.05) is 26.3 Å². The van der Waals surface area contributed by atoms with Gasteiger partial charge in [0.2, 0.25) is 0 Å². The Kier molecular flexibility index (Phi) is 4.57. The van der Waals surface area contributed by atoms with Crippen LogP contribution in [0.25, 0.3) is 0 Å². The van der Waals surface area contributed by atoms with Gasteiger partial charge in [-0.3, -0.25) is 4.68 Å². The number of aliphatic hydroxyl groups excluding tert-OH is 1. The normalized spacial score (nSPS) is 18.7. The summed E-state index contributed by atoms with van der Waals surface area (Å²) in [5, 5.41) is 17.3. The maximum Gasteiger partial charge on any atom is 0.0667 e. The molecule has 1 atom stereocenters. The zero-order chi connectivity index (χ0) is 12.1. The van der Waals surface area contributed by atoms with Crippen molar-refractivity contribution in [3.8, 4) is 0 Å². The van der Waals surface area contributed by atoms with E-state index < -0.39 is 0 Å². The minimum atomic E-state index is -0.202. The minimum absolute atomic E-state index is 0.202. The summed E-state index contributed by atoms with van der Waals surface area (Å²) in [6, 6.07) is 2.00. The van der Waals surface area contributed by atoms with Gasteiger partial charge in [0.25, 0.3) is 0 Å². The Bertz CT molecular complexity index is 331. The maximum absolute atomic E-state index is 9.92. The monoisotopic (exact) mass is 237 g/mol. The third kappa shape index (κ3) is 3.82. The van der Waals surface area contributed by atoms with E-state index in [1.165, 1.54) is 25.7 Å². The standard InChI is InChI=1S/C13H23N3O/c1-16-12(6-7-15-16)9-14-10-13(17)8-11-4-2-3-5-11/h6-7,11,13-14,17H,2-5,8-10H2,1H3. The number of hydrogen-bond donors (Lipinski definition) is 2. The number of hydrogen-bond acceptors (Lipinski definition) is 3. The highest BCUT2D eigenvalue weighted by Gasteiger charge is 2.18. The predicted molar refractivity (Wildman–Crippen MR) is 67.5 cm³/mol. The molecule has 1 aliphatic carbocycles. The van der Waals surface area contributed by atoms with E-state index in [0.717, 1.165) is 24.6 Å². The molecule has 96 valence electrons. The van der Waals surface area contributed by atoms with Crippen LogP contribution >= 0.6 is 0 Å². The highest BCUT2D eigenvalue weighted by molar-refractivity contribution is 4.99. The second-order valence-corrected chi connectivity index (χ2v) is 5.12. The van der Waals surface area contributed by atoms with Crippen LogP contribution in [0.15, 0.2) is 12.3 Å².